The molecular formula is C30H26Cl2N2O3. The lowest BCUT2D eigenvalue weighted by molar-refractivity contribution is -0.137. The number of hydrogen-bond acceptors (Lipinski definition) is 4. The fourth-order valence-electron chi connectivity index (χ4n) is 4.10. The Kier molecular flexibility index (Phi) is 8.59. The second-order valence-corrected chi connectivity index (χ2v) is 9.69. The second-order valence-electron chi connectivity index (χ2n) is 8.81. The molecule has 4 aromatic rings. The van der Waals surface area contributed by atoms with Crippen LogP contribution in [0.15, 0.2) is 85.1 Å². The van der Waals surface area contributed by atoms with Crippen LogP contribution in [-0.2, 0) is 11.3 Å². The van der Waals surface area contributed by atoms with Crippen LogP contribution >= 0.6 is 23.2 Å². The van der Waals surface area contributed by atoms with Crippen LogP contribution in [-0.4, -0.2) is 28.9 Å². The van der Waals surface area contributed by atoms with Crippen molar-refractivity contribution in [2.24, 2.45) is 0 Å². The van der Waals surface area contributed by atoms with Gasteiger partial charge in [-0.15, -0.1) is 0 Å². The lowest BCUT2D eigenvalue weighted by Gasteiger charge is -2.22. The van der Waals surface area contributed by atoms with Crippen molar-refractivity contribution in [2.75, 3.05) is 11.9 Å². The number of rotatable bonds is 10. The molecule has 0 aliphatic rings. The molecule has 0 bridgehead atoms. The molecule has 0 saturated carbocycles. The van der Waals surface area contributed by atoms with Gasteiger partial charge in [0, 0.05) is 53.9 Å². The van der Waals surface area contributed by atoms with Crippen LogP contribution in [0.1, 0.15) is 35.3 Å². The number of benzene rings is 3. The minimum atomic E-state index is -0.910. The maximum absolute atomic E-state index is 12.3. The maximum atomic E-state index is 12.3. The van der Waals surface area contributed by atoms with E-state index in [0.29, 0.717) is 28.7 Å². The van der Waals surface area contributed by atoms with Gasteiger partial charge in [0.2, 0.25) is 0 Å². The van der Waals surface area contributed by atoms with Gasteiger partial charge < -0.3 is 10.0 Å². The molecule has 3 aromatic carbocycles. The molecule has 1 aromatic heterocycles. The van der Waals surface area contributed by atoms with Crippen molar-refractivity contribution in [3.05, 3.63) is 106 Å². The summed E-state index contributed by atoms with van der Waals surface area (Å²) in [7, 11) is 2.03. The van der Waals surface area contributed by atoms with Crippen LogP contribution in [0.4, 0.5) is 5.69 Å². The van der Waals surface area contributed by atoms with Gasteiger partial charge in [0.15, 0.2) is 5.78 Å². The third-order valence-corrected chi connectivity index (χ3v) is 6.61. The number of pyridine rings is 1. The number of halogens is 2. The predicted molar refractivity (Wildman–Crippen MR) is 149 cm³/mol. The van der Waals surface area contributed by atoms with Crippen LogP contribution in [0.2, 0.25) is 10.0 Å². The number of aliphatic carboxylic acids is 1. The van der Waals surface area contributed by atoms with E-state index in [4.69, 9.17) is 28.3 Å². The molecule has 188 valence electrons. The summed E-state index contributed by atoms with van der Waals surface area (Å²) >= 11 is 12.3. The number of anilines is 1. The SMILES string of the molecule is CN(Cc1ccc(Cl)cc1-c1ccc(C(=O)CCCC(=O)O)nc1)c1ccc(-c2ccc(Cl)cc2)cc1. The first kappa shape index (κ1) is 26.4. The summed E-state index contributed by atoms with van der Waals surface area (Å²) < 4.78 is 0. The highest BCUT2D eigenvalue weighted by molar-refractivity contribution is 6.31. The summed E-state index contributed by atoms with van der Waals surface area (Å²) in [5, 5.41) is 10.1. The zero-order valence-corrected chi connectivity index (χ0v) is 21.8. The topological polar surface area (TPSA) is 70.5 Å². The van der Waals surface area contributed by atoms with E-state index in [1.165, 1.54) is 0 Å². The monoisotopic (exact) mass is 532 g/mol. The number of aromatic nitrogens is 1. The number of ketones is 1. The van der Waals surface area contributed by atoms with Crippen molar-refractivity contribution in [2.45, 2.75) is 25.8 Å². The zero-order chi connectivity index (χ0) is 26.4. The molecule has 0 fully saturated rings. The van der Waals surface area contributed by atoms with Crippen LogP contribution in [0.25, 0.3) is 22.3 Å². The third kappa shape index (κ3) is 6.97. The van der Waals surface area contributed by atoms with E-state index >= 15 is 0 Å². The summed E-state index contributed by atoms with van der Waals surface area (Å²) in [4.78, 5) is 29.5. The first-order valence-electron chi connectivity index (χ1n) is 11.9. The lowest BCUT2D eigenvalue weighted by atomic mass is 9.99. The number of carbonyl (C=O) groups excluding carboxylic acids is 1. The van der Waals surface area contributed by atoms with Gasteiger partial charge in [0.05, 0.1) is 0 Å². The van der Waals surface area contributed by atoms with E-state index in [1.54, 1.807) is 12.3 Å². The summed E-state index contributed by atoms with van der Waals surface area (Å²) in [5.74, 6) is -1.08. The van der Waals surface area contributed by atoms with E-state index in [1.807, 2.05) is 55.6 Å². The van der Waals surface area contributed by atoms with Crippen LogP contribution in [0.3, 0.4) is 0 Å². The quantitative estimate of drug-likeness (QED) is 0.211. The molecule has 4 rings (SSSR count). The summed E-state index contributed by atoms with van der Waals surface area (Å²) in [6.45, 7) is 0.642. The summed E-state index contributed by atoms with van der Waals surface area (Å²) in [6.07, 6.45) is 2.08. The summed E-state index contributed by atoms with van der Waals surface area (Å²) in [5.41, 5.74) is 6.48. The zero-order valence-electron chi connectivity index (χ0n) is 20.3. The van der Waals surface area contributed by atoms with E-state index in [2.05, 4.69) is 34.1 Å². The highest BCUT2D eigenvalue weighted by Crippen LogP contribution is 2.30. The molecule has 0 aliphatic heterocycles. The summed E-state index contributed by atoms with van der Waals surface area (Å²) in [6, 6.07) is 25.4. The predicted octanol–water partition coefficient (Wildman–Crippen LogP) is 7.80. The van der Waals surface area contributed by atoms with Crippen molar-refractivity contribution in [3.8, 4) is 22.3 Å². The highest BCUT2D eigenvalue weighted by atomic mass is 35.5. The molecule has 37 heavy (non-hydrogen) atoms. The molecule has 1 heterocycles. The minimum Gasteiger partial charge on any atom is -0.481 e. The molecule has 5 nitrogen and oxygen atoms in total. The molecule has 0 radical (unpaired) electrons. The minimum absolute atomic E-state index is 0.0347. The Hall–Kier alpha value is -3.67. The molecule has 0 spiro atoms. The van der Waals surface area contributed by atoms with Crippen molar-refractivity contribution in [1.29, 1.82) is 0 Å². The van der Waals surface area contributed by atoms with Gasteiger partial charge in [-0.1, -0.05) is 59.6 Å². The van der Waals surface area contributed by atoms with E-state index < -0.39 is 5.97 Å². The van der Waals surface area contributed by atoms with Crippen molar-refractivity contribution >= 4 is 40.6 Å². The molecule has 1 N–H and O–H groups in total. The number of carboxylic acid groups (broad SMARTS) is 1. The van der Waals surface area contributed by atoms with Crippen molar-refractivity contribution in [3.63, 3.8) is 0 Å². The van der Waals surface area contributed by atoms with Gasteiger partial charge in [0.1, 0.15) is 5.69 Å². The molecule has 0 atom stereocenters. The van der Waals surface area contributed by atoms with Crippen molar-refractivity contribution < 1.29 is 14.7 Å². The molecule has 0 amide bonds. The van der Waals surface area contributed by atoms with Gasteiger partial charge >= 0.3 is 5.97 Å². The molecule has 0 unspecified atom stereocenters. The Balaban J connectivity index is 1.49. The fourth-order valence-corrected chi connectivity index (χ4v) is 4.40. The normalized spacial score (nSPS) is 10.8. The molecule has 7 heteroatoms. The molecule has 0 aliphatic carbocycles. The second kappa shape index (κ2) is 12.0. The van der Waals surface area contributed by atoms with Crippen LogP contribution < -0.4 is 4.90 Å². The molecular weight excluding hydrogens is 507 g/mol. The third-order valence-electron chi connectivity index (χ3n) is 6.12. The Morgan fingerprint density at radius 1 is 0.811 bits per heavy atom. The molecule has 0 saturated heterocycles. The van der Waals surface area contributed by atoms with Gasteiger partial charge in [-0.05, 0) is 71.1 Å². The number of hydrogen-bond donors (Lipinski definition) is 1. The lowest BCUT2D eigenvalue weighted by Crippen LogP contribution is -2.16. The number of carboxylic acids is 1. The largest absolute Gasteiger partial charge is 0.481 e. The Bertz CT molecular complexity index is 1390. The van der Waals surface area contributed by atoms with E-state index in [9.17, 15) is 9.59 Å². The van der Waals surface area contributed by atoms with Gasteiger partial charge in [0.25, 0.3) is 0 Å². The average molecular weight is 533 g/mol. The average Bonchev–Trinajstić information content (AvgIpc) is 2.90. The van der Waals surface area contributed by atoms with E-state index in [0.717, 1.165) is 33.5 Å². The fraction of sp³-hybridized carbons (Fsp3) is 0.167. The Morgan fingerprint density at radius 2 is 1.43 bits per heavy atom. The standard InChI is InChI=1S/C30H26Cl2N2O3/c1-34(26-14-8-21(9-15-26)20-5-11-24(31)12-6-20)19-23-7-13-25(32)17-27(23)22-10-16-28(33-18-22)29(35)3-2-4-30(36)37/h5-18H,2-4,19H2,1H3,(H,36,37). The Morgan fingerprint density at radius 3 is 2.05 bits per heavy atom. The Labute approximate surface area is 226 Å². The first-order valence-corrected chi connectivity index (χ1v) is 12.6. The van der Waals surface area contributed by atoms with E-state index in [-0.39, 0.29) is 18.6 Å². The van der Waals surface area contributed by atoms with Gasteiger partial charge in [-0.3, -0.25) is 14.6 Å². The number of carbonyl (C=O) groups is 2. The first-order chi connectivity index (χ1) is 17.8. The number of Topliss-reactive ketones (excluding diaryl/α,β-unsaturated/α-hetero) is 1. The highest BCUT2D eigenvalue weighted by Gasteiger charge is 2.13. The van der Waals surface area contributed by atoms with Crippen LogP contribution in [0, 0.1) is 0 Å². The smallest absolute Gasteiger partial charge is 0.303 e. The van der Waals surface area contributed by atoms with Gasteiger partial charge in [-0.25, -0.2) is 0 Å². The number of nitrogens with zero attached hydrogens (tertiary/aromatic N) is 2. The maximum Gasteiger partial charge on any atom is 0.303 e. The van der Waals surface area contributed by atoms with Gasteiger partial charge in [-0.2, -0.15) is 0 Å². The van der Waals surface area contributed by atoms with Crippen molar-refractivity contribution in [1.82, 2.24) is 4.98 Å². The van der Waals surface area contributed by atoms with Crippen LogP contribution in [0.5, 0.6) is 0 Å².